The Morgan fingerprint density at radius 3 is 2.52 bits per heavy atom. The first kappa shape index (κ1) is 20.5. The molecule has 2 aromatic rings. The molecule has 2 rings (SSSR count). The zero-order chi connectivity index (χ0) is 19.8. The molecule has 0 saturated carbocycles. The molecule has 27 heavy (non-hydrogen) atoms. The Hall–Kier alpha value is -2.84. The number of non-ortho nitro benzene ring substituents is 1. The SMILES string of the molecule is N/C(=N/OC(=O)CCCOc1ccc(Cl)cc1Cl)c1ccc([N+](=O)[O-])cc1. The molecule has 8 nitrogen and oxygen atoms in total. The second-order valence-corrected chi connectivity index (χ2v) is 6.11. The first-order valence-electron chi connectivity index (χ1n) is 7.73. The summed E-state index contributed by atoms with van der Waals surface area (Å²) in [6.45, 7) is 0.248. The highest BCUT2D eigenvalue weighted by atomic mass is 35.5. The van der Waals surface area contributed by atoms with Crippen LogP contribution in [0.3, 0.4) is 0 Å². The van der Waals surface area contributed by atoms with Crippen LogP contribution in [0.2, 0.25) is 10.0 Å². The minimum Gasteiger partial charge on any atom is -0.492 e. The van der Waals surface area contributed by atoms with Gasteiger partial charge in [-0.25, -0.2) is 4.79 Å². The van der Waals surface area contributed by atoms with Crippen LogP contribution in [-0.4, -0.2) is 23.3 Å². The summed E-state index contributed by atoms with van der Waals surface area (Å²) in [5.74, 6) is -0.192. The van der Waals surface area contributed by atoms with E-state index in [4.69, 9.17) is 38.5 Å². The molecule has 142 valence electrons. The lowest BCUT2D eigenvalue weighted by Crippen LogP contribution is -2.15. The van der Waals surface area contributed by atoms with Crippen LogP contribution in [0.4, 0.5) is 5.69 Å². The highest BCUT2D eigenvalue weighted by Gasteiger charge is 2.08. The van der Waals surface area contributed by atoms with Gasteiger partial charge in [-0.3, -0.25) is 10.1 Å². The number of ether oxygens (including phenoxy) is 1. The number of halogens is 2. The molecule has 0 bridgehead atoms. The number of amidine groups is 1. The van der Waals surface area contributed by atoms with Gasteiger partial charge in [0, 0.05) is 22.7 Å². The van der Waals surface area contributed by atoms with Crippen molar-refractivity contribution in [2.24, 2.45) is 10.9 Å². The quantitative estimate of drug-likeness (QED) is 0.175. The minimum atomic E-state index is -0.592. The standard InChI is InChI=1S/C17H15Cl2N3O5/c18-12-5-8-15(14(19)10-12)26-9-1-2-16(23)27-21-17(20)11-3-6-13(7-4-11)22(24)25/h3-8,10H,1-2,9H2,(H2,20,21). The van der Waals surface area contributed by atoms with E-state index in [0.717, 1.165) is 0 Å². The van der Waals surface area contributed by atoms with Gasteiger partial charge in [0.15, 0.2) is 5.84 Å². The summed E-state index contributed by atoms with van der Waals surface area (Å²) in [5, 5.41) is 15.0. The van der Waals surface area contributed by atoms with Crippen molar-refractivity contribution < 1.29 is 19.3 Å². The van der Waals surface area contributed by atoms with Crippen LogP contribution >= 0.6 is 23.2 Å². The van der Waals surface area contributed by atoms with Crippen LogP contribution in [-0.2, 0) is 9.63 Å². The van der Waals surface area contributed by atoms with Gasteiger partial charge in [-0.1, -0.05) is 28.4 Å². The molecule has 0 spiro atoms. The van der Waals surface area contributed by atoms with Crippen molar-refractivity contribution in [2.75, 3.05) is 6.61 Å². The summed E-state index contributed by atoms with van der Waals surface area (Å²) in [5.41, 5.74) is 6.00. The largest absolute Gasteiger partial charge is 0.492 e. The zero-order valence-corrected chi connectivity index (χ0v) is 15.4. The van der Waals surface area contributed by atoms with Crippen LogP contribution in [0, 0.1) is 10.1 Å². The number of hydrogen-bond acceptors (Lipinski definition) is 6. The Kier molecular flexibility index (Phi) is 7.39. The van der Waals surface area contributed by atoms with Crippen LogP contribution in [0.5, 0.6) is 5.75 Å². The van der Waals surface area contributed by atoms with Gasteiger partial charge in [-0.2, -0.15) is 0 Å². The van der Waals surface area contributed by atoms with E-state index < -0.39 is 10.9 Å². The molecule has 0 radical (unpaired) electrons. The van der Waals surface area contributed by atoms with Crippen LogP contribution < -0.4 is 10.5 Å². The number of hydrogen-bond donors (Lipinski definition) is 1. The molecule has 10 heteroatoms. The average molecular weight is 412 g/mol. The number of carbonyl (C=O) groups excluding carboxylic acids is 1. The van der Waals surface area contributed by atoms with Gasteiger partial charge < -0.3 is 15.3 Å². The highest BCUT2D eigenvalue weighted by Crippen LogP contribution is 2.27. The number of nitrogens with zero attached hydrogens (tertiary/aromatic N) is 2. The summed E-state index contributed by atoms with van der Waals surface area (Å²) in [7, 11) is 0. The van der Waals surface area contributed by atoms with Crippen LogP contribution in [0.1, 0.15) is 18.4 Å². The minimum absolute atomic E-state index is 0.0578. The Morgan fingerprint density at radius 2 is 1.89 bits per heavy atom. The second kappa shape index (κ2) is 9.75. The third kappa shape index (κ3) is 6.43. The third-order valence-corrected chi connectivity index (χ3v) is 3.83. The molecule has 0 aromatic heterocycles. The van der Waals surface area contributed by atoms with Crippen molar-refractivity contribution in [1.29, 1.82) is 0 Å². The molecule has 0 aliphatic rings. The number of oxime groups is 1. The number of carbonyl (C=O) groups is 1. The lowest BCUT2D eigenvalue weighted by atomic mass is 10.2. The molecular formula is C17H15Cl2N3O5. The molecule has 0 amide bonds. The van der Waals surface area contributed by atoms with E-state index in [1.165, 1.54) is 24.3 Å². The molecule has 0 unspecified atom stereocenters. The molecule has 0 saturated heterocycles. The number of benzene rings is 2. The predicted octanol–water partition coefficient (Wildman–Crippen LogP) is 3.92. The maximum atomic E-state index is 11.7. The fourth-order valence-corrected chi connectivity index (χ4v) is 2.41. The molecule has 0 fully saturated rings. The smallest absolute Gasteiger partial charge is 0.335 e. The Morgan fingerprint density at radius 1 is 1.19 bits per heavy atom. The normalized spacial score (nSPS) is 11.1. The predicted molar refractivity (Wildman–Crippen MR) is 101 cm³/mol. The molecular weight excluding hydrogens is 397 g/mol. The fourth-order valence-electron chi connectivity index (χ4n) is 1.94. The molecule has 0 aliphatic heterocycles. The van der Waals surface area contributed by atoms with Crippen molar-refractivity contribution in [3.05, 3.63) is 68.2 Å². The Balaban J connectivity index is 1.76. The van der Waals surface area contributed by atoms with Gasteiger partial charge >= 0.3 is 5.97 Å². The van der Waals surface area contributed by atoms with E-state index in [2.05, 4.69) is 5.16 Å². The second-order valence-electron chi connectivity index (χ2n) is 5.27. The molecule has 2 N–H and O–H groups in total. The van der Waals surface area contributed by atoms with Gasteiger partial charge in [0.2, 0.25) is 0 Å². The first-order chi connectivity index (χ1) is 12.9. The average Bonchev–Trinajstić information content (AvgIpc) is 2.64. The van der Waals surface area contributed by atoms with Crippen molar-refractivity contribution in [2.45, 2.75) is 12.8 Å². The number of rotatable bonds is 8. The molecule has 0 aliphatic carbocycles. The van der Waals surface area contributed by atoms with Gasteiger partial charge in [-0.05, 0) is 36.8 Å². The monoisotopic (exact) mass is 411 g/mol. The maximum absolute atomic E-state index is 11.7. The zero-order valence-electron chi connectivity index (χ0n) is 13.9. The summed E-state index contributed by atoms with van der Waals surface area (Å²) in [6, 6.07) is 10.2. The van der Waals surface area contributed by atoms with Crippen molar-refractivity contribution in [3.8, 4) is 5.75 Å². The first-order valence-corrected chi connectivity index (χ1v) is 8.48. The van der Waals surface area contributed by atoms with Crippen molar-refractivity contribution in [3.63, 3.8) is 0 Å². The summed E-state index contributed by atoms with van der Waals surface area (Å²) >= 11 is 11.8. The summed E-state index contributed by atoms with van der Waals surface area (Å²) < 4.78 is 5.45. The van der Waals surface area contributed by atoms with Gasteiger partial charge in [0.25, 0.3) is 5.69 Å². The molecule has 2 aromatic carbocycles. The van der Waals surface area contributed by atoms with E-state index in [0.29, 0.717) is 27.8 Å². The van der Waals surface area contributed by atoms with E-state index in [9.17, 15) is 14.9 Å². The maximum Gasteiger partial charge on any atom is 0.335 e. The number of nitrogens with two attached hydrogens (primary N) is 1. The summed E-state index contributed by atoms with van der Waals surface area (Å²) in [6.07, 6.45) is 0.437. The lowest BCUT2D eigenvalue weighted by Gasteiger charge is -2.07. The van der Waals surface area contributed by atoms with E-state index >= 15 is 0 Å². The van der Waals surface area contributed by atoms with Crippen molar-refractivity contribution >= 4 is 40.7 Å². The third-order valence-electron chi connectivity index (χ3n) is 3.30. The Labute approximate surface area is 164 Å². The van der Waals surface area contributed by atoms with Crippen LogP contribution in [0.25, 0.3) is 0 Å². The topological polar surface area (TPSA) is 117 Å². The molecule has 0 atom stereocenters. The highest BCUT2D eigenvalue weighted by molar-refractivity contribution is 6.35. The number of nitro groups is 1. The number of nitro benzene ring substituents is 1. The van der Waals surface area contributed by atoms with Gasteiger partial charge in [0.1, 0.15) is 5.75 Å². The van der Waals surface area contributed by atoms with Gasteiger partial charge in [-0.15, -0.1) is 0 Å². The lowest BCUT2D eigenvalue weighted by molar-refractivity contribution is -0.384. The summed E-state index contributed by atoms with van der Waals surface area (Å²) in [4.78, 5) is 26.5. The van der Waals surface area contributed by atoms with Crippen molar-refractivity contribution in [1.82, 2.24) is 0 Å². The fraction of sp³-hybridized carbons (Fsp3) is 0.176. The Bertz CT molecular complexity index is 856. The van der Waals surface area contributed by atoms with Crippen LogP contribution in [0.15, 0.2) is 47.6 Å². The van der Waals surface area contributed by atoms with Gasteiger partial charge in [0.05, 0.1) is 23.0 Å². The molecule has 0 heterocycles. The van der Waals surface area contributed by atoms with E-state index in [-0.39, 0.29) is 24.6 Å². The van der Waals surface area contributed by atoms with E-state index in [1.54, 1.807) is 18.2 Å². The van der Waals surface area contributed by atoms with E-state index in [1.807, 2.05) is 0 Å².